The monoisotopic (exact) mass is 368 g/mol. The van der Waals surface area contributed by atoms with Gasteiger partial charge in [-0.1, -0.05) is 26.0 Å². The fourth-order valence-electron chi connectivity index (χ4n) is 3.31. The third-order valence-corrected chi connectivity index (χ3v) is 4.80. The summed E-state index contributed by atoms with van der Waals surface area (Å²) in [5.41, 5.74) is 8.62. The molecule has 0 spiro atoms. The Balaban J connectivity index is 1.71. The molecule has 2 aromatic carbocycles. The van der Waals surface area contributed by atoms with Crippen LogP contribution < -0.4 is 15.2 Å². The van der Waals surface area contributed by atoms with E-state index in [2.05, 4.69) is 44.0 Å². The van der Waals surface area contributed by atoms with Crippen LogP contribution in [-0.4, -0.2) is 24.6 Å². The van der Waals surface area contributed by atoms with E-state index in [1.54, 1.807) is 6.07 Å². The largest absolute Gasteiger partial charge is 0.457 e. The van der Waals surface area contributed by atoms with Gasteiger partial charge in [0.25, 0.3) is 0 Å². The number of carbonyl (C=O) groups is 1. The number of amides is 1. The lowest BCUT2D eigenvalue weighted by Gasteiger charge is -2.19. The van der Waals surface area contributed by atoms with Gasteiger partial charge in [0.1, 0.15) is 17.2 Å². The van der Waals surface area contributed by atoms with E-state index >= 15 is 0 Å². The molecule has 0 fully saturated rings. The van der Waals surface area contributed by atoms with Crippen molar-refractivity contribution in [2.24, 2.45) is 11.7 Å². The number of hydrogen-bond donors (Lipinski definition) is 1. The Morgan fingerprint density at radius 3 is 2.48 bits per heavy atom. The molecule has 0 aliphatic carbocycles. The number of ether oxygens (including phenoxy) is 2. The van der Waals surface area contributed by atoms with Crippen LogP contribution in [0.25, 0.3) is 0 Å². The number of benzene rings is 2. The highest BCUT2D eigenvalue weighted by molar-refractivity contribution is 5.68. The van der Waals surface area contributed by atoms with Crippen molar-refractivity contribution in [3.8, 4) is 17.2 Å². The molecule has 0 unspecified atom stereocenters. The molecule has 0 saturated carbocycles. The van der Waals surface area contributed by atoms with Gasteiger partial charge in [0.2, 0.25) is 0 Å². The zero-order valence-electron chi connectivity index (χ0n) is 16.3. The van der Waals surface area contributed by atoms with Gasteiger partial charge in [0.05, 0.1) is 0 Å². The lowest BCUT2D eigenvalue weighted by molar-refractivity contribution is 0.211. The number of carbonyl (C=O) groups excluding carboxylic acids is 1. The number of nitrogens with two attached hydrogens (primary N) is 1. The second-order valence-corrected chi connectivity index (χ2v) is 7.66. The molecule has 0 radical (unpaired) electrons. The van der Waals surface area contributed by atoms with Crippen molar-refractivity contribution in [3.05, 3.63) is 53.1 Å². The van der Waals surface area contributed by atoms with Crippen LogP contribution in [0, 0.1) is 5.92 Å². The van der Waals surface area contributed by atoms with Crippen molar-refractivity contribution in [3.63, 3.8) is 0 Å². The number of nitrogens with zero attached hydrogens (tertiary/aromatic N) is 1. The Labute approximate surface area is 161 Å². The SMILES string of the molecule is CC(C)CCN(C)Cc1ccc2c(c1)CCc1cc(OC(N)=O)ccc1O2. The third-order valence-electron chi connectivity index (χ3n) is 4.80. The van der Waals surface area contributed by atoms with Gasteiger partial charge in [-0.05, 0) is 79.7 Å². The number of rotatable bonds is 6. The molecule has 3 rings (SSSR count). The maximum absolute atomic E-state index is 11.0. The Morgan fingerprint density at radius 2 is 1.81 bits per heavy atom. The van der Waals surface area contributed by atoms with E-state index in [9.17, 15) is 4.79 Å². The normalized spacial score (nSPS) is 12.9. The molecule has 1 heterocycles. The summed E-state index contributed by atoms with van der Waals surface area (Å²) in [6.45, 7) is 6.54. The van der Waals surface area contributed by atoms with Crippen LogP contribution in [0.3, 0.4) is 0 Å². The Morgan fingerprint density at radius 1 is 1.15 bits per heavy atom. The lowest BCUT2D eigenvalue weighted by atomic mass is 10.0. The highest BCUT2D eigenvalue weighted by atomic mass is 16.5. The highest BCUT2D eigenvalue weighted by Gasteiger charge is 2.17. The molecular weight excluding hydrogens is 340 g/mol. The standard InChI is InChI=1S/C22H28N2O3/c1-15(2)10-11-24(3)14-16-4-8-20-17(12-16)5-6-18-13-19(26-22(23)25)7-9-21(18)27-20/h4,7-9,12-13,15H,5-6,10-11,14H2,1-3H3,(H2,23,25). The summed E-state index contributed by atoms with van der Waals surface area (Å²) < 4.78 is 11.1. The molecule has 0 atom stereocenters. The van der Waals surface area contributed by atoms with Crippen molar-refractivity contribution in [1.82, 2.24) is 4.90 Å². The molecule has 1 aliphatic heterocycles. The van der Waals surface area contributed by atoms with Crippen LogP contribution in [0.1, 0.15) is 37.0 Å². The van der Waals surface area contributed by atoms with Crippen molar-refractivity contribution in [2.45, 2.75) is 39.7 Å². The summed E-state index contributed by atoms with van der Waals surface area (Å²) in [4.78, 5) is 13.3. The van der Waals surface area contributed by atoms with E-state index in [0.717, 1.165) is 48.9 Å². The molecule has 2 N–H and O–H groups in total. The lowest BCUT2D eigenvalue weighted by Crippen LogP contribution is -2.20. The van der Waals surface area contributed by atoms with Gasteiger partial charge < -0.3 is 20.1 Å². The number of fused-ring (bicyclic) bond motifs is 2. The van der Waals surface area contributed by atoms with Gasteiger partial charge in [-0.2, -0.15) is 0 Å². The number of aryl methyl sites for hydroxylation is 2. The Kier molecular flexibility index (Phi) is 6.01. The fraction of sp³-hybridized carbons (Fsp3) is 0.409. The molecule has 27 heavy (non-hydrogen) atoms. The molecular formula is C22H28N2O3. The summed E-state index contributed by atoms with van der Waals surface area (Å²) in [6.07, 6.45) is 2.10. The molecule has 144 valence electrons. The summed E-state index contributed by atoms with van der Waals surface area (Å²) in [5, 5.41) is 0. The first-order valence-corrected chi connectivity index (χ1v) is 9.49. The first kappa shape index (κ1) is 19.2. The molecule has 1 amide bonds. The topological polar surface area (TPSA) is 64.8 Å². The smallest absolute Gasteiger partial charge is 0.409 e. The molecule has 5 heteroatoms. The minimum absolute atomic E-state index is 0.447. The van der Waals surface area contributed by atoms with E-state index in [1.807, 2.05) is 12.1 Å². The average molecular weight is 368 g/mol. The second-order valence-electron chi connectivity index (χ2n) is 7.66. The van der Waals surface area contributed by atoms with Crippen LogP contribution >= 0.6 is 0 Å². The van der Waals surface area contributed by atoms with Crippen molar-refractivity contribution >= 4 is 6.09 Å². The maximum atomic E-state index is 11.0. The minimum Gasteiger partial charge on any atom is -0.457 e. The van der Waals surface area contributed by atoms with Crippen LogP contribution in [0.2, 0.25) is 0 Å². The molecule has 0 aromatic heterocycles. The molecule has 2 aromatic rings. The third kappa shape index (κ3) is 5.23. The number of hydrogen-bond acceptors (Lipinski definition) is 4. The first-order chi connectivity index (χ1) is 12.9. The van der Waals surface area contributed by atoms with E-state index in [1.165, 1.54) is 17.5 Å². The predicted octanol–water partition coefficient (Wildman–Crippen LogP) is 4.51. The van der Waals surface area contributed by atoms with Crippen molar-refractivity contribution < 1.29 is 14.3 Å². The average Bonchev–Trinajstić information content (AvgIpc) is 2.78. The van der Waals surface area contributed by atoms with Crippen LogP contribution in [-0.2, 0) is 19.4 Å². The molecule has 0 saturated heterocycles. The van der Waals surface area contributed by atoms with E-state index < -0.39 is 6.09 Å². The summed E-state index contributed by atoms with van der Waals surface area (Å²) in [6, 6.07) is 11.8. The predicted molar refractivity (Wildman–Crippen MR) is 106 cm³/mol. The van der Waals surface area contributed by atoms with Gasteiger partial charge >= 0.3 is 6.09 Å². The Hall–Kier alpha value is -2.53. The zero-order chi connectivity index (χ0) is 19.4. The first-order valence-electron chi connectivity index (χ1n) is 9.49. The van der Waals surface area contributed by atoms with Crippen molar-refractivity contribution in [1.29, 1.82) is 0 Å². The van der Waals surface area contributed by atoms with E-state index in [-0.39, 0.29) is 0 Å². The molecule has 5 nitrogen and oxygen atoms in total. The highest BCUT2D eigenvalue weighted by Crippen LogP contribution is 2.36. The van der Waals surface area contributed by atoms with Gasteiger partial charge in [0.15, 0.2) is 0 Å². The maximum Gasteiger partial charge on any atom is 0.409 e. The summed E-state index contributed by atoms with van der Waals surface area (Å²) >= 11 is 0. The fourth-order valence-corrected chi connectivity index (χ4v) is 3.31. The number of primary amides is 1. The quantitative estimate of drug-likeness (QED) is 0.814. The van der Waals surface area contributed by atoms with Crippen LogP contribution in [0.5, 0.6) is 17.2 Å². The van der Waals surface area contributed by atoms with Gasteiger partial charge in [-0.3, -0.25) is 0 Å². The van der Waals surface area contributed by atoms with E-state index in [4.69, 9.17) is 15.2 Å². The van der Waals surface area contributed by atoms with Gasteiger partial charge in [0, 0.05) is 6.54 Å². The minimum atomic E-state index is -0.806. The summed E-state index contributed by atoms with van der Waals surface area (Å²) in [5.74, 6) is 2.86. The van der Waals surface area contributed by atoms with Crippen LogP contribution in [0.4, 0.5) is 4.79 Å². The van der Waals surface area contributed by atoms with E-state index in [0.29, 0.717) is 5.75 Å². The van der Waals surface area contributed by atoms with Crippen LogP contribution in [0.15, 0.2) is 36.4 Å². The summed E-state index contributed by atoms with van der Waals surface area (Å²) in [7, 11) is 2.17. The molecule has 1 aliphatic rings. The zero-order valence-corrected chi connectivity index (χ0v) is 16.3. The van der Waals surface area contributed by atoms with Gasteiger partial charge in [-0.15, -0.1) is 0 Å². The van der Waals surface area contributed by atoms with Crippen molar-refractivity contribution in [2.75, 3.05) is 13.6 Å². The Bertz CT molecular complexity index is 817. The molecule has 0 bridgehead atoms. The second kappa shape index (κ2) is 8.44. The van der Waals surface area contributed by atoms with Gasteiger partial charge in [-0.25, -0.2) is 4.79 Å².